The van der Waals surface area contributed by atoms with E-state index in [9.17, 15) is 4.79 Å². The highest BCUT2D eigenvalue weighted by atomic mass is 79.9. The van der Waals surface area contributed by atoms with Crippen molar-refractivity contribution in [2.75, 3.05) is 0 Å². The number of ether oxygens (including phenoxy) is 1. The fourth-order valence-corrected chi connectivity index (χ4v) is 4.39. The molecule has 0 aliphatic carbocycles. The van der Waals surface area contributed by atoms with Crippen LogP contribution in [0, 0.1) is 6.92 Å². The summed E-state index contributed by atoms with van der Waals surface area (Å²) in [5.41, 5.74) is 3.53. The fourth-order valence-electron chi connectivity index (χ4n) is 3.65. The lowest BCUT2D eigenvalue weighted by Gasteiger charge is -2.11. The number of rotatable bonds is 8. The van der Waals surface area contributed by atoms with Gasteiger partial charge in [0.05, 0.1) is 17.1 Å². The van der Waals surface area contributed by atoms with Gasteiger partial charge in [0, 0.05) is 20.9 Å². The van der Waals surface area contributed by atoms with Crippen LogP contribution in [0.15, 0.2) is 79.5 Å². The first kappa shape index (κ1) is 24.4. The summed E-state index contributed by atoms with van der Waals surface area (Å²) in [4.78, 5) is 18.1. The maximum atomic E-state index is 13.3. The average Bonchev–Trinajstić information content (AvgIpc) is 2.82. The van der Waals surface area contributed by atoms with Crippen molar-refractivity contribution in [2.24, 2.45) is 5.10 Å². The van der Waals surface area contributed by atoms with Crippen molar-refractivity contribution >= 4 is 49.0 Å². The van der Waals surface area contributed by atoms with E-state index in [0.29, 0.717) is 35.5 Å². The Hall–Kier alpha value is -2.77. The molecule has 4 rings (SSSR count). The number of fused-ring (bicyclic) bond motifs is 1. The van der Waals surface area contributed by atoms with Gasteiger partial charge in [-0.15, -0.1) is 0 Å². The van der Waals surface area contributed by atoms with Crippen LogP contribution in [0.5, 0.6) is 5.75 Å². The van der Waals surface area contributed by atoms with Gasteiger partial charge in [0.25, 0.3) is 5.56 Å². The zero-order chi connectivity index (χ0) is 24.1. The van der Waals surface area contributed by atoms with Crippen LogP contribution in [0.1, 0.15) is 42.3 Å². The number of halogens is 2. The molecule has 0 bridgehead atoms. The normalized spacial score (nSPS) is 11.4. The Morgan fingerprint density at radius 1 is 1.06 bits per heavy atom. The van der Waals surface area contributed by atoms with E-state index in [1.54, 1.807) is 12.3 Å². The van der Waals surface area contributed by atoms with E-state index < -0.39 is 0 Å². The van der Waals surface area contributed by atoms with Crippen molar-refractivity contribution in [3.05, 3.63) is 102 Å². The third-order valence-electron chi connectivity index (χ3n) is 5.39. The fraction of sp³-hybridized carbons (Fsp3) is 0.222. The zero-order valence-corrected chi connectivity index (χ0v) is 22.3. The van der Waals surface area contributed by atoms with E-state index in [1.807, 2.05) is 42.5 Å². The minimum Gasteiger partial charge on any atom is -0.488 e. The van der Waals surface area contributed by atoms with Gasteiger partial charge >= 0.3 is 0 Å². The molecule has 1 heterocycles. The van der Waals surface area contributed by atoms with Gasteiger partial charge in [0.2, 0.25) is 0 Å². The molecule has 0 saturated carbocycles. The molecule has 0 amide bonds. The lowest BCUT2D eigenvalue weighted by Crippen LogP contribution is -2.22. The zero-order valence-electron chi connectivity index (χ0n) is 19.1. The first-order valence-corrected chi connectivity index (χ1v) is 12.8. The van der Waals surface area contributed by atoms with Crippen LogP contribution in [0.25, 0.3) is 10.9 Å². The second-order valence-corrected chi connectivity index (χ2v) is 9.95. The molecule has 1 aromatic heterocycles. The predicted octanol–water partition coefficient (Wildman–Crippen LogP) is 7.03. The molecule has 4 aromatic rings. The molecule has 0 unspecified atom stereocenters. The van der Waals surface area contributed by atoms with Crippen molar-refractivity contribution in [3.63, 3.8) is 0 Å². The molecule has 0 radical (unpaired) electrons. The Kier molecular flexibility index (Phi) is 7.95. The number of hydrogen-bond acceptors (Lipinski definition) is 4. The first-order chi connectivity index (χ1) is 16.4. The van der Waals surface area contributed by atoms with E-state index in [0.717, 1.165) is 32.9 Å². The summed E-state index contributed by atoms with van der Waals surface area (Å²) in [5, 5.41) is 5.11. The Morgan fingerprint density at radius 3 is 2.65 bits per heavy atom. The van der Waals surface area contributed by atoms with Gasteiger partial charge in [-0.3, -0.25) is 4.79 Å². The van der Waals surface area contributed by atoms with Gasteiger partial charge in [0.15, 0.2) is 0 Å². The van der Waals surface area contributed by atoms with Crippen LogP contribution in [-0.2, 0) is 13.0 Å². The first-order valence-electron chi connectivity index (χ1n) is 11.2. The molecule has 0 aliphatic heterocycles. The Balaban J connectivity index is 1.71. The highest BCUT2D eigenvalue weighted by Gasteiger charge is 2.11. The molecule has 0 saturated heterocycles. The molecular weight excluding hydrogens is 558 g/mol. The molecule has 0 aliphatic rings. The molecular formula is C27H25Br2N3O2. The third-order valence-corrected chi connectivity index (χ3v) is 6.38. The maximum absolute atomic E-state index is 13.3. The van der Waals surface area contributed by atoms with Crippen molar-refractivity contribution in [1.29, 1.82) is 0 Å². The molecule has 3 aromatic carbocycles. The van der Waals surface area contributed by atoms with Gasteiger partial charge in [-0.2, -0.15) is 9.78 Å². The van der Waals surface area contributed by atoms with E-state index in [2.05, 4.69) is 62.9 Å². The smallest absolute Gasteiger partial charge is 0.282 e. The lowest BCUT2D eigenvalue weighted by atomic mass is 10.1. The van der Waals surface area contributed by atoms with Gasteiger partial charge in [-0.1, -0.05) is 75.0 Å². The summed E-state index contributed by atoms with van der Waals surface area (Å²) in [6.45, 7) is 4.62. The molecule has 174 valence electrons. The van der Waals surface area contributed by atoms with Crippen molar-refractivity contribution in [1.82, 2.24) is 9.66 Å². The second-order valence-electron chi connectivity index (χ2n) is 8.11. The minimum atomic E-state index is -0.189. The van der Waals surface area contributed by atoms with E-state index in [4.69, 9.17) is 9.72 Å². The molecule has 0 fully saturated rings. The van der Waals surface area contributed by atoms with E-state index >= 15 is 0 Å². The van der Waals surface area contributed by atoms with Crippen molar-refractivity contribution < 1.29 is 4.74 Å². The Morgan fingerprint density at radius 2 is 1.85 bits per heavy atom. The van der Waals surface area contributed by atoms with Crippen molar-refractivity contribution in [2.45, 2.75) is 39.7 Å². The number of nitrogens with zero attached hydrogens (tertiary/aromatic N) is 3. The summed E-state index contributed by atoms with van der Waals surface area (Å²) in [6.07, 6.45) is 4.26. The number of benzene rings is 3. The summed E-state index contributed by atoms with van der Waals surface area (Å²) in [7, 11) is 0. The number of hydrogen-bond donors (Lipinski definition) is 0. The largest absolute Gasteiger partial charge is 0.488 e. The Labute approximate surface area is 215 Å². The molecule has 7 heteroatoms. The summed E-state index contributed by atoms with van der Waals surface area (Å²) in [5.74, 6) is 1.34. The van der Waals surface area contributed by atoms with E-state index in [1.165, 1.54) is 10.2 Å². The highest BCUT2D eigenvalue weighted by Crippen LogP contribution is 2.23. The van der Waals surface area contributed by atoms with Crippen LogP contribution in [0.4, 0.5) is 0 Å². The molecule has 0 N–H and O–H groups in total. The van der Waals surface area contributed by atoms with Gasteiger partial charge < -0.3 is 4.74 Å². The predicted molar refractivity (Wildman–Crippen MR) is 145 cm³/mol. The second kappa shape index (κ2) is 11.1. The van der Waals surface area contributed by atoms with Crippen LogP contribution >= 0.6 is 31.9 Å². The quantitative estimate of drug-likeness (QED) is 0.209. The highest BCUT2D eigenvalue weighted by molar-refractivity contribution is 9.10. The van der Waals surface area contributed by atoms with Gasteiger partial charge in [-0.25, -0.2) is 4.98 Å². The number of unbranched alkanes of at least 4 members (excludes halogenated alkanes) is 1. The molecule has 0 atom stereocenters. The van der Waals surface area contributed by atoms with Crippen LogP contribution < -0.4 is 10.3 Å². The van der Waals surface area contributed by atoms with Gasteiger partial charge in [0.1, 0.15) is 18.2 Å². The third kappa shape index (κ3) is 5.83. The van der Waals surface area contributed by atoms with Crippen molar-refractivity contribution in [3.8, 4) is 5.75 Å². The lowest BCUT2D eigenvalue weighted by molar-refractivity contribution is 0.305. The SMILES string of the molecule is CCCCc1nc2ccc(Br)cc2c(=O)n1N=Cc1cc(Br)ccc1OCc1cccc(C)c1. The molecule has 5 nitrogen and oxygen atoms in total. The topological polar surface area (TPSA) is 56.5 Å². The molecule has 0 spiro atoms. The maximum Gasteiger partial charge on any atom is 0.282 e. The summed E-state index contributed by atoms with van der Waals surface area (Å²) < 4.78 is 9.25. The average molecular weight is 583 g/mol. The van der Waals surface area contributed by atoms with E-state index in [-0.39, 0.29) is 5.56 Å². The van der Waals surface area contributed by atoms with Gasteiger partial charge in [-0.05, 0) is 55.3 Å². The summed E-state index contributed by atoms with van der Waals surface area (Å²) in [6, 6.07) is 19.5. The number of aryl methyl sites for hydroxylation is 2. The molecule has 34 heavy (non-hydrogen) atoms. The van der Waals surface area contributed by atoms with Crippen LogP contribution in [-0.4, -0.2) is 15.9 Å². The summed E-state index contributed by atoms with van der Waals surface area (Å²) >= 11 is 6.98. The van der Waals surface area contributed by atoms with Crippen LogP contribution in [0.2, 0.25) is 0 Å². The monoisotopic (exact) mass is 581 g/mol. The number of aromatic nitrogens is 2. The Bertz CT molecular complexity index is 1410. The standard InChI is InChI=1S/C27H25Br2N3O2/c1-3-4-8-26-31-24-11-9-22(29)15-23(24)27(33)32(26)30-16-20-14-21(28)10-12-25(20)34-17-19-7-5-6-18(2)13-19/h5-7,9-16H,3-4,8,17H2,1-2H3. The minimum absolute atomic E-state index is 0.189. The van der Waals surface area contributed by atoms with Crippen LogP contribution in [0.3, 0.4) is 0 Å².